The molecule has 1 aromatic carbocycles. The van der Waals surface area contributed by atoms with Crippen LogP contribution in [0.5, 0.6) is 5.75 Å². The van der Waals surface area contributed by atoms with E-state index in [9.17, 15) is 9.59 Å². The van der Waals surface area contributed by atoms with Crippen molar-refractivity contribution in [3.05, 3.63) is 26.2 Å². The maximum atomic E-state index is 12.3. The summed E-state index contributed by atoms with van der Waals surface area (Å²) in [5.41, 5.74) is -0.515. The third kappa shape index (κ3) is 6.65. The molecule has 1 heterocycles. The summed E-state index contributed by atoms with van der Waals surface area (Å²) in [6.07, 6.45) is -0.334. The van der Waals surface area contributed by atoms with E-state index >= 15 is 0 Å². The largest absolute Gasteiger partial charge is 0.484 e. The van der Waals surface area contributed by atoms with Gasteiger partial charge in [0.25, 0.3) is 5.91 Å². The van der Waals surface area contributed by atoms with Crippen LogP contribution in [0.2, 0.25) is 0 Å². The summed E-state index contributed by atoms with van der Waals surface area (Å²) in [7, 11) is 0. The molecular weight excluding hydrogens is 503 g/mol. The van der Waals surface area contributed by atoms with Crippen LogP contribution in [-0.2, 0) is 9.53 Å². The van der Waals surface area contributed by atoms with Gasteiger partial charge < -0.3 is 19.3 Å². The van der Waals surface area contributed by atoms with Gasteiger partial charge in [-0.3, -0.25) is 4.79 Å². The minimum absolute atomic E-state index is 0.0149. The Bertz CT molecular complexity index is 620. The van der Waals surface area contributed by atoms with Crippen LogP contribution in [0.15, 0.2) is 22.7 Å². The van der Waals surface area contributed by atoms with E-state index < -0.39 is 5.60 Å². The van der Waals surface area contributed by atoms with Gasteiger partial charge in [0.15, 0.2) is 6.61 Å². The Labute approximate surface area is 170 Å². The van der Waals surface area contributed by atoms with Gasteiger partial charge in [-0.2, -0.15) is 0 Å². The van der Waals surface area contributed by atoms with Crippen LogP contribution >= 0.6 is 38.5 Å². The van der Waals surface area contributed by atoms with Crippen LogP contribution in [-0.4, -0.2) is 60.2 Å². The standard InChI is InChI=1S/C17H22BrIN2O4/c1-17(2,3)25-16(23)21-6-4-20(5-7-21)15(22)11-24-14-9-12(18)8-13(19)10-14/h8-10H,4-7,11H2,1-3H3. The number of piperazine rings is 1. The third-order valence-corrected chi connectivity index (χ3v) is 4.56. The highest BCUT2D eigenvalue weighted by Gasteiger charge is 2.27. The van der Waals surface area contributed by atoms with E-state index in [1.165, 1.54) is 0 Å². The van der Waals surface area contributed by atoms with Crippen molar-refractivity contribution in [2.45, 2.75) is 26.4 Å². The smallest absolute Gasteiger partial charge is 0.410 e. The highest BCUT2D eigenvalue weighted by Crippen LogP contribution is 2.22. The molecule has 1 aliphatic rings. The molecule has 0 N–H and O–H groups in total. The molecule has 25 heavy (non-hydrogen) atoms. The van der Waals surface area contributed by atoms with Gasteiger partial charge in [-0.15, -0.1) is 0 Å². The summed E-state index contributed by atoms with van der Waals surface area (Å²) in [6.45, 7) is 7.40. The SMILES string of the molecule is CC(C)(C)OC(=O)N1CCN(C(=O)COc2cc(Br)cc(I)c2)CC1. The molecule has 0 saturated carbocycles. The van der Waals surface area contributed by atoms with Crippen LogP contribution in [0.25, 0.3) is 0 Å². The molecule has 2 amide bonds. The van der Waals surface area contributed by atoms with E-state index in [4.69, 9.17) is 9.47 Å². The van der Waals surface area contributed by atoms with Crippen molar-refractivity contribution < 1.29 is 19.1 Å². The van der Waals surface area contributed by atoms with Crippen LogP contribution in [0.3, 0.4) is 0 Å². The maximum Gasteiger partial charge on any atom is 0.410 e. The first kappa shape index (κ1) is 20.3. The van der Waals surface area contributed by atoms with Crippen molar-refractivity contribution in [2.75, 3.05) is 32.8 Å². The lowest BCUT2D eigenvalue weighted by atomic mass is 10.2. The van der Waals surface area contributed by atoms with E-state index in [0.717, 1.165) is 8.04 Å². The summed E-state index contributed by atoms with van der Waals surface area (Å²) < 4.78 is 12.9. The Morgan fingerprint density at radius 2 is 1.72 bits per heavy atom. The van der Waals surface area contributed by atoms with E-state index in [1.807, 2.05) is 39.0 Å². The van der Waals surface area contributed by atoms with Crippen molar-refractivity contribution in [1.29, 1.82) is 0 Å². The molecule has 0 bridgehead atoms. The predicted octanol–water partition coefficient (Wildman–Crippen LogP) is 3.51. The quantitative estimate of drug-likeness (QED) is 0.568. The summed E-state index contributed by atoms with van der Waals surface area (Å²) in [4.78, 5) is 27.7. The first-order valence-electron chi connectivity index (χ1n) is 7.98. The fourth-order valence-electron chi connectivity index (χ4n) is 2.31. The third-order valence-electron chi connectivity index (χ3n) is 3.48. The summed E-state index contributed by atoms with van der Waals surface area (Å²) in [5, 5.41) is 0. The number of amides is 2. The highest BCUT2D eigenvalue weighted by molar-refractivity contribution is 14.1. The summed E-state index contributed by atoms with van der Waals surface area (Å²) in [6, 6.07) is 5.67. The number of rotatable bonds is 3. The van der Waals surface area contributed by atoms with Crippen molar-refractivity contribution in [3.8, 4) is 5.75 Å². The van der Waals surface area contributed by atoms with E-state index in [-0.39, 0.29) is 18.6 Å². The second kappa shape index (κ2) is 8.57. The average molecular weight is 525 g/mol. The minimum Gasteiger partial charge on any atom is -0.484 e. The molecule has 8 heteroatoms. The second-order valence-corrected chi connectivity index (χ2v) is 8.90. The van der Waals surface area contributed by atoms with Crippen LogP contribution in [0, 0.1) is 3.57 Å². The first-order valence-corrected chi connectivity index (χ1v) is 9.86. The molecule has 138 valence electrons. The number of benzene rings is 1. The first-order chi connectivity index (χ1) is 11.6. The molecule has 0 unspecified atom stereocenters. The Balaban J connectivity index is 1.80. The molecule has 6 nitrogen and oxygen atoms in total. The molecule has 0 radical (unpaired) electrons. The predicted molar refractivity (Wildman–Crippen MR) is 107 cm³/mol. The van der Waals surface area contributed by atoms with Crippen molar-refractivity contribution in [2.24, 2.45) is 0 Å². The van der Waals surface area contributed by atoms with Gasteiger partial charge in [-0.25, -0.2) is 4.79 Å². The van der Waals surface area contributed by atoms with Gasteiger partial charge in [-0.1, -0.05) is 15.9 Å². The minimum atomic E-state index is -0.515. The normalized spacial score (nSPS) is 15.1. The molecule has 1 fully saturated rings. The Morgan fingerprint density at radius 1 is 1.12 bits per heavy atom. The van der Waals surface area contributed by atoms with E-state index in [1.54, 1.807) is 9.80 Å². The molecule has 2 rings (SSSR count). The number of halogens is 2. The summed E-state index contributed by atoms with van der Waals surface area (Å²) in [5.74, 6) is 0.568. The van der Waals surface area contributed by atoms with Crippen LogP contribution in [0.4, 0.5) is 4.79 Å². The number of carbonyl (C=O) groups is 2. The summed E-state index contributed by atoms with van der Waals surface area (Å²) >= 11 is 5.60. The van der Waals surface area contributed by atoms with E-state index in [0.29, 0.717) is 31.9 Å². The van der Waals surface area contributed by atoms with Gasteiger partial charge in [0.05, 0.1) is 0 Å². The lowest BCUT2D eigenvalue weighted by Crippen LogP contribution is -2.52. The van der Waals surface area contributed by atoms with E-state index in [2.05, 4.69) is 38.5 Å². The number of hydrogen-bond donors (Lipinski definition) is 0. The average Bonchev–Trinajstić information content (AvgIpc) is 2.50. The molecule has 0 aromatic heterocycles. The van der Waals surface area contributed by atoms with Gasteiger partial charge >= 0.3 is 6.09 Å². The number of carbonyl (C=O) groups excluding carboxylic acids is 2. The van der Waals surface area contributed by atoms with Crippen molar-refractivity contribution in [1.82, 2.24) is 9.80 Å². The zero-order valence-corrected chi connectivity index (χ0v) is 18.3. The van der Waals surface area contributed by atoms with Crippen molar-refractivity contribution in [3.63, 3.8) is 0 Å². The zero-order valence-electron chi connectivity index (χ0n) is 14.6. The maximum absolute atomic E-state index is 12.3. The van der Waals surface area contributed by atoms with Crippen molar-refractivity contribution >= 4 is 50.5 Å². The number of nitrogens with zero attached hydrogens (tertiary/aromatic N) is 2. The molecular formula is C17H22BrIN2O4. The van der Waals surface area contributed by atoms with Gasteiger partial charge in [0.2, 0.25) is 0 Å². The number of hydrogen-bond acceptors (Lipinski definition) is 4. The number of ether oxygens (including phenoxy) is 2. The lowest BCUT2D eigenvalue weighted by molar-refractivity contribution is -0.135. The molecule has 1 aliphatic heterocycles. The zero-order chi connectivity index (χ0) is 18.6. The molecule has 0 spiro atoms. The van der Waals surface area contributed by atoms with Gasteiger partial charge in [-0.05, 0) is 61.6 Å². The highest BCUT2D eigenvalue weighted by atomic mass is 127. The topological polar surface area (TPSA) is 59.1 Å². The van der Waals surface area contributed by atoms with Gasteiger partial charge in [0, 0.05) is 34.2 Å². The second-order valence-electron chi connectivity index (χ2n) is 6.74. The molecule has 1 saturated heterocycles. The molecule has 0 aliphatic carbocycles. The Kier molecular flexibility index (Phi) is 6.95. The van der Waals surface area contributed by atoms with Crippen LogP contribution in [0.1, 0.15) is 20.8 Å². The Hall–Kier alpha value is -1.03. The van der Waals surface area contributed by atoms with Gasteiger partial charge in [0.1, 0.15) is 11.4 Å². The fourth-order valence-corrected chi connectivity index (χ4v) is 3.86. The fraction of sp³-hybridized carbons (Fsp3) is 0.529. The Morgan fingerprint density at radius 3 is 2.28 bits per heavy atom. The lowest BCUT2D eigenvalue weighted by Gasteiger charge is -2.35. The monoisotopic (exact) mass is 524 g/mol. The van der Waals surface area contributed by atoms with Crippen LogP contribution < -0.4 is 4.74 Å². The molecule has 0 atom stereocenters. The molecule has 1 aromatic rings.